The summed E-state index contributed by atoms with van der Waals surface area (Å²) in [5.74, 6) is -0.126. The van der Waals surface area contributed by atoms with Crippen molar-refractivity contribution in [2.45, 2.75) is 6.92 Å². The average Bonchev–Trinajstić information content (AvgIpc) is 3.17. The number of amides is 1. The number of aromatic nitrogens is 1. The van der Waals surface area contributed by atoms with Crippen LogP contribution in [0.2, 0.25) is 5.02 Å². The van der Waals surface area contributed by atoms with Crippen molar-refractivity contribution in [1.82, 2.24) is 4.98 Å². The molecule has 0 fully saturated rings. The quantitative estimate of drug-likeness (QED) is 0.375. The Bertz CT molecular complexity index is 1140. The van der Waals surface area contributed by atoms with Gasteiger partial charge in [-0.25, -0.2) is 4.98 Å². The van der Waals surface area contributed by atoms with Crippen molar-refractivity contribution in [3.63, 3.8) is 0 Å². The molecule has 29 heavy (non-hydrogen) atoms. The van der Waals surface area contributed by atoms with Gasteiger partial charge in [-0.15, -0.1) is 11.3 Å². The molecule has 4 nitrogen and oxygen atoms in total. The summed E-state index contributed by atoms with van der Waals surface area (Å²) in [4.78, 5) is 17.0. The van der Waals surface area contributed by atoms with Crippen molar-refractivity contribution in [2.75, 3.05) is 10.6 Å². The summed E-state index contributed by atoms with van der Waals surface area (Å²) in [6, 6.07) is 22.7. The molecule has 0 aliphatic carbocycles. The Morgan fingerprint density at radius 2 is 1.72 bits per heavy atom. The summed E-state index contributed by atoms with van der Waals surface area (Å²) in [5, 5.41) is 9.64. The molecule has 4 aromatic rings. The second-order valence-electron chi connectivity index (χ2n) is 6.57. The second-order valence-corrected chi connectivity index (χ2v) is 7.87. The van der Waals surface area contributed by atoms with E-state index in [0.717, 1.165) is 33.3 Å². The molecule has 0 atom stereocenters. The molecule has 0 saturated carbocycles. The van der Waals surface area contributed by atoms with Crippen LogP contribution in [0.15, 0.2) is 78.2 Å². The van der Waals surface area contributed by atoms with E-state index in [1.54, 1.807) is 0 Å². The number of anilines is 3. The lowest BCUT2D eigenvalue weighted by Crippen LogP contribution is -2.11. The molecule has 0 aliphatic rings. The summed E-state index contributed by atoms with van der Waals surface area (Å²) >= 11 is 7.55. The third-order valence-corrected chi connectivity index (χ3v) is 5.33. The van der Waals surface area contributed by atoms with Gasteiger partial charge in [0.2, 0.25) is 0 Å². The lowest BCUT2D eigenvalue weighted by Gasteiger charge is -2.06. The molecule has 1 aromatic heterocycles. The molecular weight excluding hydrogens is 402 g/mol. The summed E-state index contributed by atoms with van der Waals surface area (Å²) in [7, 11) is 0. The number of benzene rings is 3. The topological polar surface area (TPSA) is 54.0 Å². The lowest BCUT2D eigenvalue weighted by molar-refractivity contribution is 0.102. The zero-order chi connectivity index (χ0) is 20.2. The van der Waals surface area contributed by atoms with Gasteiger partial charge in [-0.2, -0.15) is 0 Å². The molecule has 0 radical (unpaired) electrons. The zero-order valence-electron chi connectivity index (χ0n) is 15.6. The number of hydrogen-bond donors (Lipinski definition) is 2. The molecular formula is C23H18ClN3OS. The molecule has 0 aliphatic heterocycles. The van der Waals surface area contributed by atoms with E-state index in [-0.39, 0.29) is 5.91 Å². The number of nitrogens with one attached hydrogen (secondary N) is 2. The van der Waals surface area contributed by atoms with Crippen LogP contribution in [0.1, 0.15) is 15.9 Å². The van der Waals surface area contributed by atoms with Crippen LogP contribution in [0.25, 0.3) is 11.3 Å². The Hall–Kier alpha value is -3.15. The van der Waals surface area contributed by atoms with Crippen molar-refractivity contribution >= 4 is 45.4 Å². The highest BCUT2D eigenvalue weighted by molar-refractivity contribution is 7.14. The highest BCUT2D eigenvalue weighted by Gasteiger charge is 2.08. The van der Waals surface area contributed by atoms with E-state index in [0.29, 0.717) is 10.6 Å². The van der Waals surface area contributed by atoms with Gasteiger partial charge in [-0.1, -0.05) is 47.5 Å². The monoisotopic (exact) mass is 419 g/mol. The third-order valence-electron chi connectivity index (χ3n) is 4.33. The highest BCUT2D eigenvalue weighted by atomic mass is 35.5. The van der Waals surface area contributed by atoms with Crippen LogP contribution in [0.3, 0.4) is 0 Å². The second kappa shape index (κ2) is 8.47. The fraction of sp³-hybridized carbons (Fsp3) is 0.0435. The molecule has 0 unspecified atom stereocenters. The van der Waals surface area contributed by atoms with Crippen molar-refractivity contribution in [2.24, 2.45) is 0 Å². The first-order chi connectivity index (χ1) is 14.1. The number of nitrogens with zero attached hydrogens (tertiary/aromatic N) is 1. The first-order valence-electron chi connectivity index (χ1n) is 9.03. The normalized spacial score (nSPS) is 10.6. The number of thiazole rings is 1. The smallest absolute Gasteiger partial charge is 0.255 e. The first-order valence-corrected chi connectivity index (χ1v) is 10.3. The third kappa shape index (κ3) is 4.83. The number of hydrogen-bond acceptors (Lipinski definition) is 4. The SMILES string of the molecule is Cc1ccc(C(=O)Nc2ccc(-c3csc(Nc4cccc(Cl)c4)n3)cc2)cc1. The van der Waals surface area contributed by atoms with Crippen molar-refractivity contribution in [1.29, 1.82) is 0 Å². The predicted molar refractivity (Wildman–Crippen MR) is 121 cm³/mol. The fourth-order valence-corrected chi connectivity index (χ4v) is 3.72. The van der Waals surface area contributed by atoms with Gasteiger partial charge >= 0.3 is 0 Å². The van der Waals surface area contributed by atoms with Gasteiger partial charge in [0.1, 0.15) is 0 Å². The standard InChI is InChI=1S/C23H18ClN3OS/c1-15-5-7-17(8-6-15)22(28)25-19-11-9-16(10-12-19)21-14-29-23(27-21)26-20-4-2-3-18(24)13-20/h2-14H,1H3,(H,25,28)(H,26,27). The largest absolute Gasteiger partial charge is 0.331 e. The first kappa shape index (κ1) is 19.2. The number of halogens is 1. The van der Waals surface area contributed by atoms with E-state index in [9.17, 15) is 4.79 Å². The molecule has 0 bridgehead atoms. The van der Waals surface area contributed by atoms with Gasteiger partial charge in [-0.05, 0) is 49.4 Å². The molecule has 6 heteroatoms. The van der Waals surface area contributed by atoms with Gasteiger partial charge in [0.05, 0.1) is 5.69 Å². The Kier molecular flexibility index (Phi) is 5.60. The average molecular weight is 420 g/mol. The van der Waals surface area contributed by atoms with Crippen molar-refractivity contribution < 1.29 is 4.79 Å². The summed E-state index contributed by atoms with van der Waals surface area (Å²) in [5.41, 5.74) is 5.25. The maximum atomic E-state index is 12.3. The number of carbonyl (C=O) groups is 1. The van der Waals surface area contributed by atoms with Crippen LogP contribution in [0.5, 0.6) is 0 Å². The molecule has 1 heterocycles. The molecule has 0 saturated heterocycles. The summed E-state index contributed by atoms with van der Waals surface area (Å²) in [6.45, 7) is 1.99. The van der Waals surface area contributed by atoms with E-state index in [4.69, 9.17) is 11.6 Å². The van der Waals surface area contributed by atoms with Crippen LogP contribution in [-0.4, -0.2) is 10.9 Å². The van der Waals surface area contributed by atoms with Crippen LogP contribution in [0.4, 0.5) is 16.5 Å². The number of carbonyl (C=O) groups excluding carboxylic acids is 1. The van der Waals surface area contributed by atoms with Gasteiger partial charge < -0.3 is 10.6 Å². The van der Waals surface area contributed by atoms with E-state index in [1.807, 2.05) is 85.1 Å². The Morgan fingerprint density at radius 3 is 2.45 bits per heavy atom. The summed E-state index contributed by atoms with van der Waals surface area (Å²) < 4.78 is 0. The number of rotatable bonds is 5. The molecule has 4 rings (SSSR count). The summed E-state index contributed by atoms with van der Waals surface area (Å²) in [6.07, 6.45) is 0. The molecule has 144 valence electrons. The van der Waals surface area contributed by atoms with Crippen LogP contribution < -0.4 is 10.6 Å². The lowest BCUT2D eigenvalue weighted by atomic mass is 10.1. The predicted octanol–water partition coefficient (Wildman–Crippen LogP) is 6.77. The Balaban J connectivity index is 1.43. The van der Waals surface area contributed by atoms with Crippen LogP contribution in [-0.2, 0) is 0 Å². The van der Waals surface area contributed by atoms with Crippen LogP contribution >= 0.6 is 22.9 Å². The minimum absolute atomic E-state index is 0.126. The fourth-order valence-electron chi connectivity index (χ4n) is 2.79. The van der Waals surface area contributed by atoms with E-state index in [2.05, 4.69) is 15.6 Å². The molecule has 2 N–H and O–H groups in total. The highest BCUT2D eigenvalue weighted by Crippen LogP contribution is 2.28. The van der Waals surface area contributed by atoms with Gasteiger partial charge in [-0.3, -0.25) is 4.79 Å². The minimum Gasteiger partial charge on any atom is -0.331 e. The Labute approximate surface area is 178 Å². The van der Waals surface area contributed by atoms with Gasteiger partial charge in [0.25, 0.3) is 5.91 Å². The minimum atomic E-state index is -0.126. The Morgan fingerprint density at radius 1 is 0.966 bits per heavy atom. The molecule has 3 aromatic carbocycles. The maximum absolute atomic E-state index is 12.3. The maximum Gasteiger partial charge on any atom is 0.255 e. The van der Waals surface area contributed by atoms with Crippen molar-refractivity contribution in [3.8, 4) is 11.3 Å². The van der Waals surface area contributed by atoms with Crippen molar-refractivity contribution in [3.05, 3.63) is 94.3 Å². The molecule has 1 amide bonds. The van der Waals surface area contributed by atoms with Gasteiger partial charge in [0.15, 0.2) is 5.13 Å². The van der Waals surface area contributed by atoms with Crippen LogP contribution in [0, 0.1) is 6.92 Å². The molecule has 0 spiro atoms. The van der Waals surface area contributed by atoms with E-state index >= 15 is 0 Å². The zero-order valence-corrected chi connectivity index (χ0v) is 17.2. The van der Waals surface area contributed by atoms with Gasteiger partial charge in [0, 0.05) is 32.9 Å². The van der Waals surface area contributed by atoms with E-state index in [1.165, 1.54) is 11.3 Å². The number of aryl methyl sites for hydroxylation is 1. The van der Waals surface area contributed by atoms with E-state index < -0.39 is 0 Å².